The number of halogens is 1. The maximum Gasteiger partial charge on any atom is 0.0525 e. The number of aryl methyl sites for hydroxylation is 1. The molecule has 0 radical (unpaired) electrons. The Bertz CT molecular complexity index is 295. The minimum atomic E-state index is 0.318. The van der Waals surface area contributed by atoms with Gasteiger partial charge in [-0.15, -0.1) is 11.6 Å². The Kier molecular flexibility index (Phi) is 3.12. The molecule has 3 heteroatoms. The molecule has 1 saturated carbocycles. The summed E-state index contributed by atoms with van der Waals surface area (Å²) in [4.78, 5) is 0. The maximum atomic E-state index is 6.33. The standard InChI is InChI=1S/C11H17ClN2/c1-2-14-8-9(7-13-14)10-5-3-4-6-11(10)12/h7-8,10-11H,2-6H2,1H3. The lowest BCUT2D eigenvalue weighted by Crippen LogP contribution is -2.17. The predicted molar refractivity (Wildman–Crippen MR) is 58.8 cm³/mol. The number of nitrogens with zero attached hydrogens (tertiary/aromatic N) is 2. The fraction of sp³-hybridized carbons (Fsp3) is 0.727. The average Bonchev–Trinajstić information content (AvgIpc) is 2.67. The average molecular weight is 213 g/mol. The molecule has 0 amide bonds. The van der Waals surface area contributed by atoms with Crippen molar-refractivity contribution in [3.05, 3.63) is 18.0 Å². The first-order chi connectivity index (χ1) is 6.81. The normalized spacial score (nSPS) is 27.9. The van der Waals surface area contributed by atoms with Gasteiger partial charge in [0.1, 0.15) is 0 Å². The topological polar surface area (TPSA) is 17.8 Å². The van der Waals surface area contributed by atoms with Crippen LogP contribution in [0.15, 0.2) is 12.4 Å². The van der Waals surface area contributed by atoms with Crippen molar-refractivity contribution < 1.29 is 0 Å². The molecule has 2 unspecified atom stereocenters. The Morgan fingerprint density at radius 3 is 2.93 bits per heavy atom. The molecule has 2 atom stereocenters. The minimum Gasteiger partial charge on any atom is -0.273 e. The summed E-state index contributed by atoms with van der Waals surface area (Å²) < 4.78 is 1.98. The van der Waals surface area contributed by atoms with Crippen LogP contribution in [0, 0.1) is 0 Å². The van der Waals surface area contributed by atoms with Crippen molar-refractivity contribution in [2.75, 3.05) is 0 Å². The van der Waals surface area contributed by atoms with Gasteiger partial charge >= 0.3 is 0 Å². The molecule has 1 heterocycles. The molecule has 1 aromatic heterocycles. The molecule has 0 saturated heterocycles. The lowest BCUT2D eigenvalue weighted by atomic mass is 9.85. The van der Waals surface area contributed by atoms with Gasteiger partial charge in [0.2, 0.25) is 0 Å². The van der Waals surface area contributed by atoms with E-state index in [1.165, 1.54) is 24.8 Å². The Hall–Kier alpha value is -0.500. The molecule has 14 heavy (non-hydrogen) atoms. The largest absolute Gasteiger partial charge is 0.273 e. The monoisotopic (exact) mass is 212 g/mol. The zero-order chi connectivity index (χ0) is 9.97. The lowest BCUT2D eigenvalue weighted by molar-refractivity contribution is 0.450. The highest BCUT2D eigenvalue weighted by Gasteiger charge is 2.25. The molecule has 1 aromatic rings. The first-order valence-corrected chi connectivity index (χ1v) is 5.91. The van der Waals surface area contributed by atoms with Gasteiger partial charge in [0, 0.05) is 24.0 Å². The SMILES string of the molecule is CCn1cc(C2CCCCC2Cl)cn1. The van der Waals surface area contributed by atoms with E-state index in [-0.39, 0.29) is 0 Å². The summed E-state index contributed by atoms with van der Waals surface area (Å²) in [5.74, 6) is 0.533. The molecule has 78 valence electrons. The zero-order valence-corrected chi connectivity index (χ0v) is 9.37. The van der Waals surface area contributed by atoms with Crippen LogP contribution in [0.5, 0.6) is 0 Å². The van der Waals surface area contributed by atoms with Gasteiger partial charge in [0.05, 0.1) is 6.20 Å². The van der Waals surface area contributed by atoms with E-state index >= 15 is 0 Å². The highest BCUT2D eigenvalue weighted by atomic mass is 35.5. The summed E-state index contributed by atoms with van der Waals surface area (Å²) in [5, 5.41) is 4.62. The molecule has 0 spiro atoms. The van der Waals surface area contributed by atoms with E-state index in [0.29, 0.717) is 11.3 Å². The van der Waals surface area contributed by atoms with E-state index in [4.69, 9.17) is 11.6 Å². The number of aromatic nitrogens is 2. The molecule has 1 aliphatic carbocycles. The highest BCUT2D eigenvalue weighted by molar-refractivity contribution is 6.21. The number of hydrogen-bond acceptors (Lipinski definition) is 1. The smallest absolute Gasteiger partial charge is 0.0525 e. The Morgan fingerprint density at radius 2 is 2.29 bits per heavy atom. The number of rotatable bonds is 2. The van der Waals surface area contributed by atoms with Crippen LogP contribution in [0.1, 0.15) is 44.1 Å². The fourth-order valence-corrected chi connectivity index (χ4v) is 2.63. The van der Waals surface area contributed by atoms with Crippen molar-refractivity contribution >= 4 is 11.6 Å². The van der Waals surface area contributed by atoms with Crippen LogP contribution in [0.25, 0.3) is 0 Å². The third-order valence-electron chi connectivity index (χ3n) is 3.09. The van der Waals surface area contributed by atoms with Gasteiger partial charge in [-0.2, -0.15) is 5.10 Å². The zero-order valence-electron chi connectivity index (χ0n) is 8.62. The molecule has 0 bridgehead atoms. The Morgan fingerprint density at radius 1 is 1.50 bits per heavy atom. The first kappa shape index (κ1) is 10.0. The van der Waals surface area contributed by atoms with Gasteiger partial charge in [0.15, 0.2) is 0 Å². The summed E-state index contributed by atoms with van der Waals surface area (Å²) in [6, 6.07) is 0. The van der Waals surface area contributed by atoms with Crippen LogP contribution in [-0.2, 0) is 6.54 Å². The van der Waals surface area contributed by atoms with Crippen molar-refractivity contribution in [1.82, 2.24) is 9.78 Å². The van der Waals surface area contributed by atoms with Crippen molar-refractivity contribution in [3.63, 3.8) is 0 Å². The fourth-order valence-electron chi connectivity index (χ4n) is 2.21. The van der Waals surface area contributed by atoms with Gasteiger partial charge in [-0.25, -0.2) is 0 Å². The van der Waals surface area contributed by atoms with Gasteiger partial charge in [0.25, 0.3) is 0 Å². The van der Waals surface area contributed by atoms with Gasteiger partial charge in [-0.1, -0.05) is 12.8 Å². The second kappa shape index (κ2) is 4.35. The van der Waals surface area contributed by atoms with E-state index in [1.807, 2.05) is 10.9 Å². The second-order valence-electron chi connectivity index (χ2n) is 4.04. The Balaban J connectivity index is 2.12. The van der Waals surface area contributed by atoms with E-state index in [9.17, 15) is 0 Å². The summed E-state index contributed by atoms with van der Waals surface area (Å²) in [6.45, 7) is 3.05. The molecule has 0 N–H and O–H groups in total. The lowest BCUT2D eigenvalue weighted by Gasteiger charge is -2.25. The molecular formula is C11H17ClN2. The van der Waals surface area contributed by atoms with Crippen molar-refractivity contribution in [2.45, 2.75) is 50.4 Å². The van der Waals surface area contributed by atoms with Crippen LogP contribution in [-0.4, -0.2) is 15.2 Å². The highest BCUT2D eigenvalue weighted by Crippen LogP contribution is 2.36. The molecule has 2 nitrogen and oxygen atoms in total. The third-order valence-corrected chi connectivity index (χ3v) is 3.61. The third kappa shape index (κ3) is 1.95. The van der Waals surface area contributed by atoms with E-state index in [0.717, 1.165) is 13.0 Å². The quantitative estimate of drug-likeness (QED) is 0.689. The van der Waals surface area contributed by atoms with Crippen LogP contribution in [0.4, 0.5) is 0 Å². The first-order valence-electron chi connectivity index (χ1n) is 5.47. The summed E-state index contributed by atoms with van der Waals surface area (Å²) >= 11 is 6.33. The van der Waals surface area contributed by atoms with E-state index < -0.39 is 0 Å². The summed E-state index contributed by atoms with van der Waals surface area (Å²) in [5.41, 5.74) is 1.33. The molecule has 1 aliphatic rings. The summed E-state index contributed by atoms with van der Waals surface area (Å²) in [7, 11) is 0. The second-order valence-corrected chi connectivity index (χ2v) is 4.60. The molecular weight excluding hydrogens is 196 g/mol. The van der Waals surface area contributed by atoms with Gasteiger partial charge in [-0.05, 0) is 25.3 Å². The molecule has 1 fully saturated rings. The molecule has 0 aromatic carbocycles. The molecule has 2 rings (SSSR count). The van der Waals surface area contributed by atoms with E-state index in [1.54, 1.807) is 0 Å². The van der Waals surface area contributed by atoms with Crippen LogP contribution >= 0.6 is 11.6 Å². The van der Waals surface area contributed by atoms with Gasteiger partial charge < -0.3 is 0 Å². The van der Waals surface area contributed by atoms with Crippen LogP contribution < -0.4 is 0 Å². The molecule has 0 aliphatic heterocycles. The van der Waals surface area contributed by atoms with Crippen LogP contribution in [0.3, 0.4) is 0 Å². The van der Waals surface area contributed by atoms with Crippen molar-refractivity contribution in [1.29, 1.82) is 0 Å². The Labute approximate surface area is 90.3 Å². The van der Waals surface area contributed by atoms with Crippen molar-refractivity contribution in [2.24, 2.45) is 0 Å². The predicted octanol–water partition coefficient (Wildman–Crippen LogP) is 3.17. The summed E-state index contributed by atoms with van der Waals surface area (Å²) in [6.07, 6.45) is 9.10. The van der Waals surface area contributed by atoms with Gasteiger partial charge in [-0.3, -0.25) is 4.68 Å². The maximum absolute atomic E-state index is 6.33. The number of hydrogen-bond donors (Lipinski definition) is 0. The van der Waals surface area contributed by atoms with Crippen LogP contribution in [0.2, 0.25) is 0 Å². The van der Waals surface area contributed by atoms with Crippen molar-refractivity contribution in [3.8, 4) is 0 Å². The van der Waals surface area contributed by atoms with E-state index in [2.05, 4.69) is 18.2 Å². The minimum absolute atomic E-state index is 0.318. The number of alkyl halides is 1.